The van der Waals surface area contributed by atoms with E-state index in [1.807, 2.05) is 24.3 Å². The molecule has 5 heteroatoms. The lowest BCUT2D eigenvalue weighted by molar-refractivity contribution is -0.114. The topological polar surface area (TPSA) is 44.4 Å². The Hall–Kier alpha value is -1.62. The number of nitrogens with one attached hydrogen (secondary N) is 2. The van der Waals surface area contributed by atoms with Crippen LogP contribution >= 0.6 is 12.2 Å². The molecule has 0 bridgehead atoms. The Kier molecular flexibility index (Phi) is 4.15. The number of benzene rings is 1. The van der Waals surface area contributed by atoms with Gasteiger partial charge in [-0.05, 0) is 49.3 Å². The lowest BCUT2D eigenvalue weighted by Crippen LogP contribution is -2.31. The minimum atomic E-state index is -0.0664. The average molecular weight is 263 g/mol. The second kappa shape index (κ2) is 5.82. The number of anilines is 2. The van der Waals surface area contributed by atoms with Crippen molar-refractivity contribution in [3.63, 3.8) is 0 Å². The predicted molar refractivity (Wildman–Crippen MR) is 77.8 cm³/mol. The summed E-state index contributed by atoms with van der Waals surface area (Å²) in [7, 11) is 0. The van der Waals surface area contributed by atoms with E-state index in [1.54, 1.807) is 0 Å². The van der Waals surface area contributed by atoms with Gasteiger partial charge in [0.25, 0.3) is 0 Å². The van der Waals surface area contributed by atoms with Crippen molar-refractivity contribution >= 4 is 34.6 Å². The van der Waals surface area contributed by atoms with E-state index in [0.29, 0.717) is 0 Å². The largest absolute Gasteiger partial charge is 0.349 e. The second-order valence-corrected chi connectivity index (χ2v) is 4.77. The number of rotatable bonds is 2. The molecule has 1 saturated heterocycles. The molecule has 0 aromatic heterocycles. The molecule has 2 rings (SSSR count). The highest BCUT2D eigenvalue weighted by Gasteiger charge is 2.14. The SMILES string of the molecule is CC(=O)Nc1ccc(NC(=S)N2CCCC2)cc1. The summed E-state index contributed by atoms with van der Waals surface area (Å²) >= 11 is 5.34. The van der Waals surface area contributed by atoms with Crippen LogP contribution in [0.15, 0.2) is 24.3 Å². The molecule has 1 amide bonds. The molecular weight excluding hydrogens is 246 g/mol. The second-order valence-electron chi connectivity index (χ2n) is 4.38. The molecule has 0 aliphatic carbocycles. The number of hydrogen-bond donors (Lipinski definition) is 2. The molecule has 1 heterocycles. The van der Waals surface area contributed by atoms with Crippen LogP contribution in [0, 0.1) is 0 Å². The molecule has 1 aliphatic heterocycles. The van der Waals surface area contributed by atoms with Gasteiger partial charge in [0.05, 0.1) is 0 Å². The third kappa shape index (κ3) is 3.43. The van der Waals surface area contributed by atoms with E-state index in [2.05, 4.69) is 15.5 Å². The van der Waals surface area contributed by atoms with Crippen LogP contribution in [0.1, 0.15) is 19.8 Å². The summed E-state index contributed by atoms with van der Waals surface area (Å²) in [4.78, 5) is 13.1. The summed E-state index contributed by atoms with van der Waals surface area (Å²) in [6.07, 6.45) is 2.42. The van der Waals surface area contributed by atoms with Gasteiger partial charge in [-0.2, -0.15) is 0 Å². The van der Waals surface area contributed by atoms with Gasteiger partial charge in [-0.15, -0.1) is 0 Å². The summed E-state index contributed by atoms with van der Waals surface area (Å²) < 4.78 is 0. The Bertz CT molecular complexity index is 438. The van der Waals surface area contributed by atoms with Crippen LogP contribution in [-0.4, -0.2) is 29.0 Å². The molecule has 1 aromatic carbocycles. The van der Waals surface area contributed by atoms with Crippen LogP contribution in [-0.2, 0) is 4.79 Å². The summed E-state index contributed by atoms with van der Waals surface area (Å²) in [5.74, 6) is -0.0664. The number of amides is 1. The number of carbonyl (C=O) groups excluding carboxylic acids is 1. The van der Waals surface area contributed by atoms with Gasteiger partial charge in [-0.3, -0.25) is 4.79 Å². The molecule has 18 heavy (non-hydrogen) atoms. The fourth-order valence-electron chi connectivity index (χ4n) is 1.96. The minimum Gasteiger partial charge on any atom is -0.349 e. The van der Waals surface area contributed by atoms with E-state index >= 15 is 0 Å². The lowest BCUT2D eigenvalue weighted by Gasteiger charge is -2.19. The van der Waals surface area contributed by atoms with E-state index < -0.39 is 0 Å². The number of likely N-dealkylation sites (tertiary alicyclic amines) is 1. The molecule has 0 radical (unpaired) electrons. The Balaban J connectivity index is 1.93. The fourth-order valence-corrected chi connectivity index (χ4v) is 2.26. The molecular formula is C13H17N3OS. The zero-order chi connectivity index (χ0) is 13.0. The molecule has 2 N–H and O–H groups in total. The average Bonchev–Trinajstić information content (AvgIpc) is 2.84. The van der Waals surface area contributed by atoms with E-state index in [0.717, 1.165) is 29.6 Å². The Morgan fingerprint density at radius 3 is 2.11 bits per heavy atom. The van der Waals surface area contributed by atoms with Crippen molar-refractivity contribution in [2.45, 2.75) is 19.8 Å². The summed E-state index contributed by atoms with van der Waals surface area (Å²) in [6, 6.07) is 7.54. The van der Waals surface area contributed by atoms with E-state index in [-0.39, 0.29) is 5.91 Å². The molecule has 1 aliphatic rings. The highest BCUT2D eigenvalue weighted by Crippen LogP contribution is 2.15. The first-order valence-electron chi connectivity index (χ1n) is 6.09. The monoisotopic (exact) mass is 263 g/mol. The maximum Gasteiger partial charge on any atom is 0.221 e. The van der Waals surface area contributed by atoms with E-state index in [1.165, 1.54) is 19.8 Å². The van der Waals surface area contributed by atoms with Crippen molar-refractivity contribution in [2.75, 3.05) is 23.7 Å². The highest BCUT2D eigenvalue weighted by atomic mass is 32.1. The first-order chi connectivity index (χ1) is 8.65. The van der Waals surface area contributed by atoms with Gasteiger partial charge in [0.2, 0.25) is 5.91 Å². The first-order valence-corrected chi connectivity index (χ1v) is 6.49. The summed E-state index contributed by atoms with van der Waals surface area (Å²) in [5.41, 5.74) is 1.74. The number of hydrogen-bond acceptors (Lipinski definition) is 2. The van der Waals surface area contributed by atoms with Gasteiger partial charge in [0, 0.05) is 31.4 Å². The number of nitrogens with zero attached hydrogens (tertiary/aromatic N) is 1. The number of thiocarbonyl (C=S) groups is 1. The van der Waals surface area contributed by atoms with Crippen LogP contribution in [0.25, 0.3) is 0 Å². The van der Waals surface area contributed by atoms with Crippen LogP contribution in [0.3, 0.4) is 0 Å². The van der Waals surface area contributed by atoms with Crippen molar-refractivity contribution in [3.8, 4) is 0 Å². The quantitative estimate of drug-likeness (QED) is 0.804. The maximum atomic E-state index is 10.9. The molecule has 0 atom stereocenters. The molecule has 0 unspecified atom stereocenters. The third-order valence-corrected chi connectivity index (χ3v) is 3.21. The van der Waals surface area contributed by atoms with Gasteiger partial charge in [-0.1, -0.05) is 0 Å². The molecule has 4 nitrogen and oxygen atoms in total. The van der Waals surface area contributed by atoms with Gasteiger partial charge >= 0.3 is 0 Å². The van der Waals surface area contributed by atoms with Crippen LogP contribution < -0.4 is 10.6 Å². The van der Waals surface area contributed by atoms with Gasteiger partial charge in [0.1, 0.15) is 0 Å². The van der Waals surface area contributed by atoms with Crippen LogP contribution in [0.2, 0.25) is 0 Å². The third-order valence-electron chi connectivity index (χ3n) is 2.85. The first kappa shape index (κ1) is 12.8. The number of carbonyl (C=O) groups is 1. The van der Waals surface area contributed by atoms with Crippen LogP contribution in [0.5, 0.6) is 0 Å². The standard InChI is InChI=1S/C13H17N3OS/c1-10(17)14-11-4-6-12(7-5-11)15-13(18)16-8-2-3-9-16/h4-7H,2-3,8-9H2,1H3,(H,14,17)(H,15,18). The van der Waals surface area contributed by atoms with Crippen molar-refractivity contribution in [1.82, 2.24) is 4.90 Å². The zero-order valence-corrected chi connectivity index (χ0v) is 11.2. The van der Waals surface area contributed by atoms with Crippen LogP contribution in [0.4, 0.5) is 11.4 Å². The molecule has 0 spiro atoms. The zero-order valence-electron chi connectivity index (χ0n) is 10.4. The molecule has 96 valence electrons. The lowest BCUT2D eigenvalue weighted by atomic mass is 10.3. The van der Waals surface area contributed by atoms with E-state index in [4.69, 9.17) is 12.2 Å². The Labute approximate surface area is 112 Å². The highest BCUT2D eigenvalue weighted by molar-refractivity contribution is 7.80. The van der Waals surface area contributed by atoms with Gasteiger partial charge in [0.15, 0.2) is 5.11 Å². The molecule has 0 saturated carbocycles. The van der Waals surface area contributed by atoms with Gasteiger partial charge < -0.3 is 15.5 Å². The van der Waals surface area contributed by atoms with Crippen molar-refractivity contribution in [3.05, 3.63) is 24.3 Å². The van der Waals surface area contributed by atoms with Crippen molar-refractivity contribution < 1.29 is 4.79 Å². The molecule has 1 fully saturated rings. The van der Waals surface area contributed by atoms with Gasteiger partial charge in [-0.25, -0.2) is 0 Å². The molecule has 1 aromatic rings. The maximum absolute atomic E-state index is 10.9. The normalized spacial score (nSPS) is 14.4. The Morgan fingerprint density at radius 1 is 1.11 bits per heavy atom. The smallest absolute Gasteiger partial charge is 0.221 e. The summed E-state index contributed by atoms with van der Waals surface area (Å²) in [5, 5.41) is 6.72. The fraction of sp³-hybridized carbons (Fsp3) is 0.385. The minimum absolute atomic E-state index is 0.0664. The Morgan fingerprint density at radius 2 is 1.61 bits per heavy atom. The van der Waals surface area contributed by atoms with E-state index in [9.17, 15) is 4.79 Å². The predicted octanol–water partition coefficient (Wildman–Crippen LogP) is 2.44. The van der Waals surface area contributed by atoms with Crippen molar-refractivity contribution in [2.24, 2.45) is 0 Å². The summed E-state index contributed by atoms with van der Waals surface area (Å²) in [6.45, 7) is 3.57. The van der Waals surface area contributed by atoms with Crippen molar-refractivity contribution in [1.29, 1.82) is 0 Å².